The summed E-state index contributed by atoms with van der Waals surface area (Å²) in [4.78, 5) is 14.9. The fourth-order valence-electron chi connectivity index (χ4n) is 5.37. The van der Waals surface area contributed by atoms with Gasteiger partial charge in [-0.1, -0.05) is 36.8 Å². The summed E-state index contributed by atoms with van der Waals surface area (Å²) >= 11 is 0. The van der Waals surface area contributed by atoms with Crippen LogP contribution in [-0.4, -0.2) is 5.91 Å². The van der Waals surface area contributed by atoms with Crippen LogP contribution in [0.3, 0.4) is 0 Å². The Balaban J connectivity index is 1.23. The number of rotatable bonds is 4. The van der Waals surface area contributed by atoms with Gasteiger partial charge in [0.15, 0.2) is 0 Å². The Kier molecular flexibility index (Phi) is 3.96. The van der Waals surface area contributed by atoms with Gasteiger partial charge in [-0.3, -0.25) is 4.79 Å². The van der Waals surface area contributed by atoms with Crippen molar-refractivity contribution in [1.82, 2.24) is 0 Å². The molecular formula is C23H26N2O. The summed E-state index contributed by atoms with van der Waals surface area (Å²) < 4.78 is 0. The lowest BCUT2D eigenvalue weighted by Gasteiger charge is -2.21. The van der Waals surface area contributed by atoms with Crippen molar-refractivity contribution in [1.29, 1.82) is 0 Å². The number of nitrogens with one attached hydrogen (secondary N) is 1. The van der Waals surface area contributed by atoms with Gasteiger partial charge in [0.1, 0.15) is 0 Å². The van der Waals surface area contributed by atoms with Crippen LogP contribution in [0.25, 0.3) is 0 Å². The molecule has 134 valence electrons. The summed E-state index contributed by atoms with van der Waals surface area (Å²) in [7, 11) is 0. The van der Waals surface area contributed by atoms with Crippen molar-refractivity contribution in [3.05, 3.63) is 59.7 Å². The van der Waals surface area contributed by atoms with E-state index in [4.69, 9.17) is 0 Å². The molecule has 2 aromatic carbocycles. The predicted molar refractivity (Wildman–Crippen MR) is 105 cm³/mol. The molecule has 5 rings (SSSR count). The smallest absolute Gasteiger partial charge is 0.224 e. The second kappa shape index (κ2) is 6.46. The third-order valence-electron chi connectivity index (χ3n) is 6.67. The molecule has 1 N–H and O–H groups in total. The van der Waals surface area contributed by atoms with Crippen molar-refractivity contribution in [2.24, 2.45) is 17.8 Å². The maximum absolute atomic E-state index is 12.5. The van der Waals surface area contributed by atoms with E-state index in [0.717, 1.165) is 30.6 Å². The zero-order chi connectivity index (χ0) is 17.5. The highest BCUT2D eigenvalue weighted by molar-refractivity contribution is 5.91. The number of carbonyl (C=O) groups excluding carboxylic acids is 1. The molecule has 3 heteroatoms. The number of fused-ring (bicyclic) bond motifs is 3. The Bertz CT molecular complexity index is 805. The molecule has 0 unspecified atom stereocenters. The zero-order valence-corrected chi connectivity index (χ0v) is 15.2. The quantitative estimate of drug-likeness (QED) is 0.847. The van der Waals surface area contributed by atoms with Gasteiger partial charge in [0.05, 0.1) is 0 Å². The molecule has 0 radical (unpaired) electrons. The summed E-state index contributed by atoms with van der Waals surface area (Å²) in [6, 6.07) is 16.9. The average Bonchev–Trinajstić information content (AvgIpc) is 3.36. The minimum Gasteiger partial charge on any atom is -0.363 e. The summed E-state index contributed by atoms with van der Waals surface area (Å²) in [5, 5.41) is 3.15. The highest BCUT2D eigenvalue weighted by Crippen LogP contribution is 2.49. The van der Waals surface area contributed by atoms with Gasteiger partial charge in [0.25, 0.3) is 0 Å². The van der Waals surface area contributed by atoms with Crippen molar-refractivity contribution >= 4 is 17.3 Å². The van der Waals surface area contributed by atoms with E-state index in [9.17, 15) is 4.79 Å². The second-order valence-electron chi connectivity index (χ2n) is 8.36. The number of anilines is 2. The first-order valence-electron chi connectivity index (χ1n) is 9.96. The molecule has 1 aliphatic heterocycles. The molecule has 2 aromatic rings. The number of carbonyl (C=O) groups is 1. The minimum atomic E-state index is 0.185. The van der Waals surface area contributed by atoms with Gasteiger partial charge in [0, 0.05) is 30.9 Å². The third-order valence-corrected chi connectivity index (χ3v) is 6.67. The summed E-state index contributed by atoms with van der Waals surface area (Å²) in [6.07, 6.45) is 6.06. The van der Waals surface area contributed by atoms with Gasteiger partial charge < -0.3 is 10.2 Å². The Morgan fingerprint density at radius 2 is 1.81 bits per heavy atom. The van der Waals surface area contributed by atoms with E-state index >= 15 is 0 Å². The molecule has 0 saturated heterocycles. The number of benzene rings is 2. The van der Waals surface area contributed by atoms with Crippen molar-refractivity contribution in [3.8, 4) is 0 Å². The van der Waals surface area contributed by atoms with Crippen LogP contribution in [0.1, 0.15) is 43.2 Å². The van der Waals surface area contributed by atoms with Crippen LogP contribution >= 0.6 is 0 Å². The first-order chi connectivity index (χ1) is 12.7. The Morgan fingerprint density at radius 1 is 1.00 bits per heavy atom. The number of nitrogens with zero attached hydrogens (tertiary/aromatic N) is 1. The minimum absolute atomic E-state index is 0.185. The summed E-state index contributed by atoms with van der Waals surface area (Å²) in [5.41, 5.74) is 4.90. The molecule has 2 bridgehead atoms. The van der Waals surface area contributed by atoms with Crippen LogP contribution in [0, 0.1) is 17.8 Å². The van der Waals surface area contributed by atoms with E-state index in [0.29, 0.717) is 12.3 Å². The van der Waals surface area contributed by atoms with Crippen LogP contribution in [0.4, 0.5) is 11.4 Å². The molecule has 2 saturated carbocycles. The van der Waals surface area contributed by atoms with E-state index in [1.54, 1.807) is 0 Å². The molecular weight excluding hydrogens is 320 g/mol. The van der Waals surface area contributed by atoms with Crippen LogP contribution < -0.4 is 10.2 Å². The van der Waals surface area contributed by atoms with E-state index in [1.165, 1.54) is 42.5 Å². The molecule has 1 amide bonds. The van der Waals surface area contributed by atoms with Gasteiger partial charge >= 0.3 is 0 Å². The Hall–Kier alpha value is -2.29. The Labute approximate surface area is 155 Å². The second-order valence-corrected chi connectivity index (χ2v) is 8.36. The molecule has 3 atom stereocenters. The van der Waals surface area contributed by atoms with Gasteiger partial charge in [0.2, 0.25) is 5.91 Å². The number of amides is 1. The summed E-state index contributed by atoms with van der Waals surface area (Å²) in [6.45, 7) is 1.89. The average molecular weight is 346 g/mol. The number of hydrogen-bond donors (Lipinski definition) is 1. The molecule has 26 heavy (non-hydrogen) atoms. The third kappa shape index (κ3) is 3.00. The topological polar surface area (TPSA) is 32.3 Å². The lowest BCUT2D eigenvalue weighted by Crippen LogP contribution is -2.20. The number of hydrogen-bond acceptors (Lipinski definition) is 2. The molecule has 2 fully saturated rings. The lowest BCUT2D eigenvalue weighted by molar-refractivity contribution is -0.117. The molecule has 2 aliphatic carbocycles. The maximum Gasteiger partial charge on any atom is 0.224 e. The molecule has 3 nitrogen and oxygen atoms in total. The van der Waals surface area contributed by atoms with Gasteiger partial charge in [-0.25, -0.2) is 0 Å². The molecule has 0 spiro atoms. The zero-order valence-electron chi connectivity index (χ0n) is 15.2. The molecule has 1 heterocycles. The Morgan fingerprint density at radius 3 is 2.50 bits per heavy atom. The van der Waals surface area contributed by atoms with E-state index in [1.807, 2.05) is 12.1 Å². The van der Waals surface area contributed by atoms with Gasteiger partial charge in [-0.05, 0) is 66.3 Å². The standard InChI is InChI=1S/C23H26N2O/c26-23(12-20-11-16-8-9-17(20)10-16)24-21-6-3-7-22(13-21)25-14-18-4-1-2-5-19(18)15-25/h1-7,13,16-17,20H,8-12,14-15H2,(H,24,26)/t16-,17-,20-/m1/s1. The van der Waals surface area contributed by atoms with Crippen molar-refractivity contribution in [3.63, 3.8) is 0 Å². The highest BCUT2D eigenvalue weighted by atomic mass is 16.1. The van der Waals surface area contributed by atoms with E-state index in [-0.39, 0.29) is 5.91 Å². The fourth-order valence-corrected chi connectivity index (χ4v) is 5.37. The lowest BCUT2D eigenvalue weighted by atomic mass is 9.86. The van der Waals surface area contributed by atoms with Gasteiger partial charge in [-0.15, -0.1) is 0 Å². The summed E-state index contributed by atoms with van der Waals surface area (Å²) in [5.74, 6) is 2.51. The first kappa shape index (κ1) is 15.9. The van der Waals surface area contributed by atoms with Gasteiger partial charge in [-0.2, -0.15) is 0 Å². The van der Waals surface area contributed by atoms with Crippen LogP contribution in [0.5, 0.6) is 0 Å². The maximum atomic E-state index is 12.5. The monoisotopic (exact) mass is 346 g/mol. The molecule has 0 aromatic heterocycles. The van der Waals surface area contributed by atoms with Crippen LogP contribution in [0.2, 0.25) is 0 Å². The fraction of sp³-hybridized carbons (Fsp3) is 0.435. The predicted octanol–water partition coefficient (Wildman–Crippen LogP) is 4.97. The molecule has 3 aliphatic rings. The van der Waals surface area contributed by atoms with E-state index in [2.05, 4.69) is 46.6 Å². The first-order valence-corrected chi connectivity index (χ1v) is 9.96. The van der Waals surface area contributed by atoms with E-state index < -0.39 is 0 Å². The SMILES string of the molecule is O=C(C[C@H]1C[C@@H]2CC[C@@H]1C2)Nc1cccc(N2Cc3ccccc3C2)c1. The van der Waals surface area contributed by atoms with Crippen LogP contribution in [0.15, 0.2) is 48.5 Å². The van der Waals surface area contributed by atoms with Crippen molar-refractivity contribution in [2.75, 3.05) is 10.2 Å². The van der Waals surface area contributed by atoms with Crippen molar-refractivity contribution < 1.29 is 4.79 Å². The van der Waals surface area contributed by atoms with Crippen LogP contribution in [-0.2, 0) is 17.9 Å². The highest BCUT2D eigenvalue weighted by Gasteiger charge is 2.40. The largest absolute Gasteiger partial charge is 0.363 e. The van der Waals surface area contributed by atoms with Crippen molar-refractivity contribution in [2.45, 2.75) is 45.2 Å². The normalized spacial score (nSPS) is 26.2.